The van der Waals surface area contributed by atoms with E-state index < -0.39 is 6.09 Å². The van der Waals surface area contributed by atoms with Crippen molar-refractivity contribution in [1.82, 2.24) is 9.88 Å². The summed E-state index contributed by atoms with van der Waals surface area (Å²) in [6.45, 7) is 0.297. The fourth-order valence-corrected chi connectivity index (χ4v) is 4.11. The van der Waals surface area contributed by atoms with Crippen molar-refractivity contribution in [3.8, 4) is 5.88 Å². The molecule has 3 aromatic carbocycles. The molecule has 10 heteroatoms. The second kappa shape index (κ2) is 11.4. The minimum atomic E-state index is -0.577. The number of carbonyl (C=O) groups is 2. The van der Waals surface area contributed by atoms with Crippen LogP contribution in [0.25, 0.3) is 10.9 Å². The Morgan fingerprint density at radius 2 is 1.71 bits per heavy atom. The van der Waals surface area contributed by atoms with Crippen molar-refractivity contribution in [2.45, 2.75) is 0 Å². The molecule has 4 aromatic rings. The third-order valence-electron chi connectivity index (χ3n) is 5.87. The van der Waals surface area contributed by atoms with Gasteiger partial charge in [-0.15, -0.1) is 0 Å². The highest BCUT2D eigenvalue weighted by Crippen LogP contribution is 2.33. The molecule has 0 fully saturated rings. The zero-order chi connectivity index (χ0) is 27.4. The van der Waals surface area contributed by atoms with Crippen LogP contribution in [0.3, 0.4) is 0 Å². The molecule has 1 heterocycles. The number of nitrogens with zero attached hydrogens (tertiary/aromatic N) is 3. The van der Waals surface area contributed by atoms with E-state index in [1.165, 1.54) is 7.11 Å². The molecule has 2 amide bonds. The van der Waals surface area contributed by atoms with E-state index in [0.29, 0.717) is 45.3 Å². The van der Waals surface area contributed by atoms with Gasteiger partial charge in [-0.2, -0.15) is 0 Å². The third-order valence-corrected chi connectivity index (χ3v) is 6.11. The van der Waals surface area contributed by atoms with E-state index in [9.17, 15) is 14.7 Å². The van der Waals surface area contributed by atoms with Crippen LogP contribution >= 0.6 is 11.6 Å². The summed E-state index contributed by atoms with van der Waals surface area (Å²) in [6.07, 6.45) is -0.577. The first-order valence-corrected chi connectivity index (χ1v) is 12.1. The van der Waals surface area contributed by atoms with E-state index >= 15 is 0 Å². The number of rotatable bonds is 7. The Morgan fingerprint density at radius 1 is 1.03 bits per heavy atom. The molecular formula is C28H28ClN5O4. The van der Waals surface area contributed by atoms with E-state index in [-0.39, 0.29) is 11.8 Å². The van der Waals surface area contributed by atoms with Gasteiger partial charge in [-0.3, -0.25) is 10.1 Å². The van der Waals surface area contributed by atoms with Crippen molar-refractivity contribution in [1.29, 1.82) is 0 Å². The molecule has 0 aliphatic rings. The molecule has 0 spiro atoms. The molecule has 0 saturated carbocycles. The fourth-order valence-electron chi connectivity index (χ4n) is 3.94. The number of aromatic hydroxyl groups is 1. The van der Waals surface area contributed by atoms with Crippen molar-refractivity contribution in [3.63, 3.8) is 0 Å². The molecule has 0 radical (unpaired) electrons. The number of aromatic nitrogens is 1. The number of nitrogens with one attached hydrogen (secondary N) is 2. The van der Waals surface area contributed by atoms with Gasteiger partial charge in [0.1, 0.15) is 0 Å². The summed E-state index contributed by atoms with van der Waals surface area (Å²) in [4.78, 5) is 35.3. The Morgan fingerprint density at radius 3 is 2.34 bits per heavy atom. The molecule has 0 bridgehead atoms. The van der Waals surface area contributed by atoms with Gasteiger partial charge in [0, 0.05) is 34.4 Å². The molecule has 1 aromatic heterocycles. The zero-order valence-corrected chi connectivity index (χ0v) is 22.2. The maximum absolute atomic E-state index is 12.4. The Kier molecular flexibility index (Phi) is 7.99. The number of halogens is 1. The predicted octanol–water partition coefficient (Wildman–Crippen LogP) is 5.40. The average molecular weight is 534 g/mol. The van der Waals surface area contributed by atoms with Gasteiger partial charge >= 0.3 is 6.09 Å². The molecule has 9 nitrogen and oxygen atoms in total. The van der Waals surface area contributed by atoms with Crippen LogP contribution in [0.15, 0.2) is 71.7 Å². The fraction of sp³-hybridized carbons (Fsp3) is 0.179. The first-order chi connectivity index (χ1) is 18.2. The summed E-state index contributed by atoms with van der Waals surface area (Å²) >= 11 is 6.16. The number of likely N-dealkylation sites (N-methyl/N-ethyl adjacent to an activating group) is 2. The Balaban J connectivity index is 1.77. The van der Waals surface area contributed by atoms with Crippen LogP contribution in [0.5, 0.6) is 5.88 Å². The summed E-state index contributed by atoms with van der Waals surface area (Å²) in [6, 6.07) is 19.6. The summed E-state index contributed by atoms with van der Waals surface area (Å²) in [5, 5.41) is 14.8. The molecule has 0 atom stereocenters. The van der Waals surface area contributed by atoms with Crippen molar-refractivity contribution in [2.24, 2.45) is 4.99 Å². The van der Waals surface area contributed by atoms with Crippen LogP contribution in [-0.4, -0.2) is 67.5 Å². The minimum Gasteiger partial charge on any atom is -0.494 e. The van der Waals surface area contributed by atoms with Gasteiger partial charge in [0.05, 0.1) is 36.1 Å². The maximum Gasteiger partial charge on any atom is 0.411 e. The minimum absolute atomic E-state index is 0.0324. The number of methoxy groups -OCH3 is 1. The summed E-state index contributed by atoms with van der Waals surface area (Å²) in [7, 11) is 6.71. The van der Waals surface area contributed by atoms with E-state index in [4.69, 9.17) is 16.6 Å². The lowest BCUT2D eigenvalue weighted by molar-refractivity contribution is -0.118. The lowest BCUT2D eigenvalue weighted by Gasteiger charge is -2.19. The molecule has 0 saturated heterocycles. The number of anilines is 2. The van der Waals surface area contributed by atoms with Gasteiger partial charge in [-0.25, -0.2) is 9.79 Å². The third kappa shape index (κ3) is 5.96. The van der Waals surface area contributed by atoms with Crippen LogP contribution in [0.1, 0.15) is 11.1 Å². The summed E-state index contributed by atoms with van der Waals surface area (Å²) in [5.41, 5.74) is 4.28. The standard InChI is InChI=1S/C28H28ClN5O4/c1-33(2)16-24(35)34(3)21-12-10-19(11-13-21)30-26(17-5-8-20(9-6-17)31-28(37)38-4)25-22-14-7-18(29)15-23(22)32-27(25)36/h5-15,32,36H,16H2,1-4H3,(H,31,37). The normalized spacial score (nSPS) is 11.6. The lowest BCUT2D eigenvalue weighted by Crippen LogP contribution is -2.34. The number of ether oxygens (including phenoxy) is 1. The molecule has 196 valence electrons. The topological polar surface area (TPSA) is 110 Å². The molecule has 4 rings (SSSR count). The largest absolute Gasteiger partial charge is 0.494 e. The van der Waals surface area contributed by atoms with E-state index in [1.54, 1.807) is 48.3 Å². The molecule has 0 unspecified atom stereocenters. The van der Waals surface area contributed by atoms with Crippen LogP contribution in [0.2, 0.25) is 5.02 Å². The van der Waals surface area contributed by atoms with Gasteiger partial charge in [0.15, 0.2) is 5.88 Å². The molecule has 3 N–H and O–H groups in total. The highest BCUT2D eigenvalue weighted by molar-refractivity contribution is 6.31. The quantitative estimate of drug-likeness (QED) is 0.275. The van der Waals surface area contributed by atoms with Crippen LogP contribution < -0.4 is 10.2 Å². The van der Waals surface area contributed by atoms with Crippen LogP contribution in [-0.2, 0) is 9.53 Å². The number of H-pyrrole nitrogens is 1. The number of hydrogen-bond donors (Lipinski definition) is 3. The number of benzene rings is 3. The number of aliphatic imine (C=N–C) groups is 1. The first kappa shape index (κ1) is 26.7. The number of carbonyl (C=O) groups excluding carboxylic acids is 2. The Bertz CT molecular complexity index is 1490. The molecule has 38 heavy (non-hydrogen) atoms. The second-order valence-electron chi connectivity index (χ2n) is 8.90. The maximum atomic E-state index is 12.4. The van der Waals surface area contributed by atoms with Crippen molar-refractivity contribution in [2.75, 3.05) is 45.0 Å². The molecule has 0 aliphatic carbocycles. The smallest absolute Gasteiger partial charge is 0.411 e. The zero-order valence-electron chi connectivity index (χ0n) is 21.4. The molecular weight excluding hydrogens is 506 g/mol. The van der Waals surface area contributed by atoms with Gasteiger partial charge < -0.3 is 24.6 Å². The lowest BCUT2D eigenvalue weighted by atomic mass is 10.0. The number of aromatic amines is 1. The number of hydrogen-bond acceptors (Lipinski definition) is 6. The van der Waals surface area contributed by atoms with Gasteiger partial charge in [0.2, 0.25) is 5.91 Å². The van der Waals surface area contributed by atoms with Gasteiger partial charge in [-0.1, -0.05) is 29.8 Å². The molecule has 0 aliphatic heterocycles. The first-order valence-electron chi connectivity index (χ1n) is 11.7. The Hall–Kier alpha value is -4.34. The summed E-state index contributed by atoms with van der Waals surface area (Å²) in [5.74, 6) is -0.0848. The highest BCUT2D eigenvalue weighted by Gasteiger charge is 2.19. The van der Waals surface area contributed by atoms with E-state index in [1.807, 2.05) is 49.3 Å². The van der Waals surface area contributed by atoms with Gasteiger partial charge in [-0.05, 0) is 62.6 Å². The van der Waals surface area contributed by atoms with E-state index in [2.05, 4.69) is 15.0 Å². The average Bonchev–Trinajstić information content (AvgIpc) is 3.21. The van der Waals surface area contributed by atoms with E-state index in [0.717, 1.165) is 11.1 Å². The van der Waals surface area contributed by atoms with Crippen LogP contribution in [0, 0.1) is 0 Å². The monoisotopic (exact) mass is 533 g/mol. The SMILES string of the molecule is COC(=O)Nc1ccc(C(=Nc2ccc(N(C)C(=O)CN(C)C)cc2)c2c(O)[nH]c3cc(Cl)ccc23)cc1. The predicted molar refractivity (Wildman–Crippen MR) is 151 cm³/mol. The Labute approximate surface area is 225 Å². The van der Waals surface area contributed by atoms with Gasteiger partial charge in [0.25, 0.3) is 0 Å². The van der Waals surface area contributed by atoms with Crippen LogP contribution in [0.4, 0.5) is 21.9 Å². The number of fused-ring (bicyclic) bond motifs is 1. The second-order valence-corrected chi connectivity index (χ2v) is 9.34. The van der Waals surface area contributed by atoms with Crippen molar-refractivity contribution < 1.29 is 19.4 Å². The van der Waals surface area contributed by atoms with Crippen molar-refractivity contribution >= 4 is 57.3 Å². The number of amides is 2. The summed E-state index contributed by atoms with van der Waals surface area (Å²) < 4.78 is 4.65. The highest BCUT2D eigenvalue weighted by atomic mass is 35.5. The van der Waals surface area contributed by atoms with Crippen molar-refractivity contribution in [3.05, 3.63) is 82.9 Å².